The lowest BCUT2D eigenvalue weighted by atomic mass is 10.1. The summed E-state index contributed by atoms with van der Waals surface area (Å²) in [5.41, 5.74) is 2.74. The van der Waals surface area contributed by atoms with Gasteiger partial charge in [-0.25, -0.2) is 4.68 Å². The number of piperazine rings is 1. The monoisotopic (exact) mass is 440 g/mol. The van der Waals surface area contributed by atoms with Gasteiger partial charge in [-0.3, -0.25) is 9.69 Å². The summed E-state index contributed by atoms with van der Waals surface area (Å²) in [5, 5.41) is 11.9. The van der Waals surface area contributed by atoms with Crippen molar-refractivity contribution in [1.29, 1.82) is 0 Å². The number of carbonyl (C=O) groups excluding carboxylic acids is 1. The fraction of sp³-hybridized carbons (Fsp3) is 0.550. The quantitative estimate of drug-likeness (QED) is 0.789. The molecule has 1 aromatic carbocycles. The van der Waals surface area contributed by atoms with E-state index in [1.165, 1.54) is 5.56 Å². The van der Waals surface area contributed by atoms with Crippen LogP contribution in [0.1, 0.15) is 40.6 Å². The molecule has 3 heterocycles. The minimum absolute atomic E-state index is 0. The van der Waals surface area contributed by atoms with E-state index in [1.807, 2.05) is 22.6 Å². The Labute approximate surface area is 184 Å². The molecule has 2 saturated heterocycles. The molecule has 0 aliphatic carbocycles. The van der Waals surface area contributed by atoms with E-state index in [0.717, 1.165) is 64.3 Å². The van der Waals surface area contributed by atoms with Gasteiger partial charge in [0.2, 0.25) is 0 Å². The van der Waals surface area contributed by atoms with Gasteiger partial charge in [0.1, 0.15) is 0 Å². The highest BCUT2D eigenvalue weighted by Crippen LogP contribution is 2.21. The molecule has 9 heteroatoms. The van der Waals surface area contributed by atoms with E-state index in [4.69, 9.17) is 0 Å². The molecule has 0 bridgehead atoms. The molecular weight excluding hydrogens is 411 g/mol. The van der Waals surface area contributed by atoms with E-state index in [-0.39, 0.29) is 30.7 Å². The Morgan fingerprint density at radius 2 is 1.72 bits per heavy atom. The Morgan fingerprint density at radius 3 is 2.38 bits per heavy atom. The van der Waals surface area contributed by atoms with Gasteiger partial charge in [-0.2, -0.15) is 0 Å². The Hall–Kier alpha value is -1.67. The number of nitrogens with one attached hydrogen (secondary N) is 1. The molecule has 2 fully saturated rings. The molecule has 0 unspecified atom stereocenters. The first-order valence-electron chi connectivity index (χ1n) is 9.90. The third-order valence-electron chi connectivity index (χ3n) is 5.69. The molecule has 4 rings (SSSR count). The van der Waals surface area contributed by atoms with Crippen molar-refractivity contribution in [3.8, 4) is 0 Å². The van der Waals surface area contributed by atoms with Crippen LogP contribution in [-0.4, -0.2) is 70.0 Å². The number of hydrogen-bond donors (Lipinski definition) is 1. The first kappa shape index (κ1) is 23.6. The van der Waals surface area contributed by atoms with E-state index in [2.05, 4.69) is 44.8 Å². The van der Waals surface area contributed by atoms with Gasteiger partial charge in [0.15, 0.2) is 5.69 Å². The molecule has 0 radical (unpaired) electrons. The number of hydrogen-bond acceptors (Lipinski definition) is 5. The number of benzene rings is 1. The van der Waals surface area contributed by atoms with Crippen LogP contribution < -0.4 is 5.32 Å². The van der Waals surface area contributed by atoms with Crippen LogP contribution in [0, 0.1) is 6.92 Å². The van der Waals surface area contributed by atoms with Crippen molar-refractivity contribution in [1.82, 2.24) is 30.1 Å². The van der Waals surface area contributed by atoms with Crippen LogP contribution >= 0.6 is 24.8 Å². The van der Waals surface area contributed by atoms with Crippen LogP contribution in [-0.2, 0) is 6.54 Å². The van der Waals surface area contributed by atoms with Gasteiger partial charge < -0.3 is 10.2 Å². The SMILES string of the molecule is Cc1c(C(=O)N2CCN(Cc3ccccc3)CC2)nnn1C1CCNCC1.Cl.Cl. The van der Waals surface area contributed by atoms with E-state index in [1.54, 1.807) is 0 Å². The maximum absolute atomic E-state index is 13.0. The summed E-state index contributed by atoms with van der Waals surface area (Å²) in [6.07, 6.45) is 2.08. The van der Waals surface area contributed by atoms with Gasteiger partial charge in [-0.1, -0.05) is 35.5 Å². The zero-order valence-electron chi connectivity index (χ0n) is 16.8. The maximum Gasteiger partial charge on any atom is 0.276 e. The summed E-state index contributed by atoms with van der Waals surface area (Å²) in [6, 6.07) is 10.8. The smallest absolute Gasteiger partial charge is 0.276 e. The Morgan fingerprint density at radius 1 is 1.07 bits per heavy atom. The lowest BCUT2D eigenvalue weighted by molar-refractivity contribution is 0.0622. The highest BCUT2D eigenvalue weighted by Gasteiger charge is 2.28. The molecule has 2 aliphatic heterocycles. The molecule has 2 aromatic rings. The summed E-state index contributed by atoms with van der Waals surface area (Å²) >= 11 is 0. The highest BCUT2D eigenvalue weighted by atomic mass is 35.5. The minimum Gasteiger partial charge on any atom is -0.335 e. The van der Waals surface area contributed by atoms with Crippen LogP contribution in [0.4, 0.5) is 0 Å². The van der Waals surface area contributed by atoms with Crippen LogP contribution in [0.5, 0.6) is 0 Å². The fourth-order valence-corrected chi connectivity index (χ4v) is 4.04. The predicted octanol–water partition coefficient (Wildman–Crippen LogP) is 2.31. The minimum atomic E-state index is 0. The first-order valence-corrected chi connectivity index (χ1v) is 9.90. The van der Waals surface area contributed by atoms with Crippen molar-refractivity contribution in [2.45, 2.75) is 32.4 Å². The maximum atomic E-state index is 13.0. The average Bonchev–Trinajstić information content (AvgIpc) is 3.11. The lowest BCUT2D eigenvalue weighted by Crippen LogP contribution is -2.48. The van der Waals surface area contributed by atoms with E-state index in [9.17, 15) is 4.79 Å². The van der Waals surface area contributed by atoms with Crippen molar-refractivity contribution in [3.05, 3.63) is 47.3 Å². The third kappa shape index (κ3) is 5.48. The van der Waals surface area contributed by atoms with E-state index >= 15 is 0 Å². The summed E-state index contributed by atoms with van der Waals surface area (Å²) in [6.45, 7) is 8.17. The second-order valence-electron chi connectivity index (χ2n) is 7.50. The van der Waals surface area contributed by atoms with Crippen molar-refractivity contribution in [2.75, 3.05) is 39.3 Å². The average molecular weight is 441 g/mol. The number of piperidine rings is 1. The molecule has 160 valence electrons. The summed E-state index contributed by atoms with van der Waals surface area (Å²) in [5.74, 6) is 0.0204. The van der Waals surface area contributed by atoms with E-state index in [0.29, 0.717) is 11.7 Å². The van der Waals surface area contributed by atoms with E-state index < -0.39 is 0 Å². The normalized spacial score (nSPS) is 18.0. The van der Waals surface area contributed by atoms with Crippen LogP contribution in [0.25, 0.3) is 0 Å². The van der Waals surface area contributed by atoms with Crippen LogP contribution in [0.3, 0.4) is 0 Å². The number of aromatic nitrogens is 3. The Kier molecular flexibility index (Phi) is 8.89. The zero-order valence-corrected chi connectivity index (χ0v) is 18.4. The molecule has 1 N–H and O–H groups in total. The summed E-state index contributed by atoms with van der Waals surface area (Å²) < 4.78 is 1.96. The molecule has 29 heavy (non-hydrogen) atoms. The van der Waals surface area contributed by atoms with Crippen molar-refractivity contribution >= 4 is 30.7 Å². The van der Waals surface area contributed by atoms with Crippen molar-refractivity contribution in [2.24, 2.45) is 0 Å². The second-order valence-corrected chi connectivity index (χ2v) is 7.50. The van der Waals surface area contributed by atoms with Crippen molar-refractivity contribution < 1.29 is 4.79 Å². The number of rotatable bonds is 4. The first-order chi connectivity index (χ1) is 13.2. The Bertz CT molecular complexity index is 771. The van der Waals surface area contributed by atoms with Gasteiger partial charge in [-0.15, -0.1) is 29.9 Å². The summed E-state index contributed by atoms with van der Waals surface area (Å²) in [7, 11) is 0. The zero-order chi connectivity index (χ0) is 18.6. The molecule has 0 saturated carbocycles. The second kappa shape index (κ2) is 10.9. The number of carbonyl (C=O) groups is 1. The fourth-order valence-electron chi connectivity index (χ4n) is 4.04. The molecule has 0 spiro atoms. The third-order valence-corrected chi connectivity index (χ3v) is 5.69. The van der Waals surface area contributed by atoms with Gasteiger partial charge in [-0.05, 0) is 38.4 Å². The van der Waals surface area contributed by atoms with Crippen LogP contribution in [0.2, 0.25) is 0 Å². The van der Waals surface area contributed by atoms with Gasteiger partial charge in [0.25, 0.3) is 5.91 Å². The number of nitrogens with zero attached hydrogens (tertiary/aromatic N) is 5. The number of halogens is 2. The highest BCUT2D eigenvalue weighted by molar-refractivity contribution is 5.93. The van der Waals surface area contributed by atoms with Gasteiger partial charge >= 0.3 is 0 Å². The molecule has 7 nitrogen and oxygen atoms in total. The standard InChI is InChI=1S/C20H28N6O.2ClH/c1-16-19(22-23-26(16)18-7-9-21-10-8-18)20(27)25-13-11-24(12-14-25)15-17-5-3-2-4-6-17;;/h2-6,18,21H,7-15H2,1H3;2*1H. The summed E-state index contributed by atoms with van der Waals surface area (Å²) in [4.78, 5) is 17.3. The Balaban J connectivity index is 0.00000150. The lowest BCUT2D eigenvalue weighted by Gasteiger charge is -2.34. The molecule has 0 atom stereocenters. The van der Waals surface area contributed by atoms with Gasteiger partial charge in [0, 0.05) is 32.7 Å². The molecule has 2 aliphatic rings. The topological polar surface area (TPSA) is 66.3 Å². The molecule has 1 amide bonds. The van der Waals surface area contributed by atoms with Gasteiger partial charge in [0.05, 0.1) is 11.7 Å². The van der Waals surface area contributed by atoms with Crippen LogP contribution in [0.15, 0.2) is 30.3 Å². The predicted molar refractivity (Wildman–Crippen MR) is 118 cm³/mol. The molecular formula is C20H30Cl2N6O. The van der Waals surface area contributed by atoms with Crippen molar-refractivity contribution in [3.63, 3.8) is 0 Å². The molecule has 1 aromatic heterocycles. The number of amides is 1. The largest absolute Gasteiger partial charge is 0.335 e.